The molecule has 0 saturated heterocycles. The Kier molecular flexibility index (Phi) is 4.43. The fraction of sp³-hybridized carbons (Fsp3) is 0.556. The highest BCUT2D eigenvalue weighted by Gasteiger charge is 2.09. The van der Waals surface area contributed by atoms with Gasteiger partial charge in [-0.3, -0.25) is 0 Å². The summed E-state index contributed by atoms with van der Waals surface area (Å²) in [7, 11) is 1.45. The smallest absolute Gasteiger partial charge is 0.218 e. The molecule has 0 atom stereocenters. The van der Waals surface area contributed by atoms with Crippen molar-refractivity contribution < 1.29 is 9.68 Å². The SMILES string of the molecule is CON=C(C(C)=NOC(C)C)n1cncn1. The van der Waals surface area contributed by atoms with Gasteiger partial charge in [-0.05, 0) is 20.8 Å². The van der Waals surface area contributed by atoms with Crippen molar-refractivity contribution in [3.05, 3.63) is 12.7 Å². The standard InChI is InChI=1S/C9H15N5O2/c1-7(2)16-12-8(3)9(13-15-4)14-6-10-5-11-14/h5-7H,1-4H3. The van der Waals surface area contributed by atoms with Crippen molar-refractivity contribution in [3.63, 3.8) is 0 Å². The normalized spacial score (nSPS) is 13.1. The zero-order chi connectivity index (χ0) is 12.0. The van der Waals surface area contributed by atoms with E-state index in [4.69, 9.17) is 9.68 Å². The lowest BCUT2D eigenvalue weighted by Crippen LogP contribution is -2.22. The molecule has 1 rings (SSSR count). The minimum absolute atomic E-state index is 0.00879. The van der Waals surface area contributed by atoms with Gasteiger partial charge in [-0.15, -0.1) is 0 Å². The minimum Gasteiger partial charge on any atom is -0.397 e. The Balaban J connectivity index is 2.87. The summed E-state index contributed by atoms with van der Waals surface area (Å²) >= 11 is 0. The summed E-state index contributed by atoms with van der Waals surface area (Å²) in [5.41, 5.74) is 0.557. The molecule has 88 valence electrons. The van der Waals surface area contributed by atoms with E-state index in [1.165, 1.54) is 24.4 Å². The first kappa shape index (κ1) is 12.2. The molecule has 7 heteroatoms. The topological polar surface area (TPSA) is 73.9 Å². The highest BCUT2D eigenvalue weighted by atomic mass is 16.6. The summed E-state index contributed by atoms with van der Waals surface area (Å²) in [4.78, 5) is 13.7. The Morgan fingerprint density at radius 1 is 1.38 bits per heavy atom. The molecule has 0 aliphatic carbocycles. The Hall–Kier alpha value is -1.92. The number of hydrogen-bond acceptors (Lipinski definition) is 6. The molecule has 0 bridgehead atoms. The maximum atomic E-state index is 5.12. The zero-order valence-corrected chi connectivity index (χ0v) is 9.78. The van der Waals surface area contributed by atoms with Crippen LogP contribution in [-0.4, -0.2) is 39.5 Å². The van der Waals surface area contributed by atoms with E-state index in [9.17, 15) is 0 Å². The molecule has 1 heterocycles. The molecule has 16 heavy (non-hydrogen) atoms. The molecule has 0 amide bonds. The van der Waals surface area contributed by atoms with Gasteiger partial charge in [-0.25, -0.2) is 4.98 Å². The Labute approximate surface area is 93.7 Å². The van der Waals surface area contributed by atoms with Crippen LogP contribution in [0.1, 0.15) is 20.8 Å². The van der Waals surface area contributed by atoms with Gasteiger partial charge in [0.15, 0.2) is 0 Å². The van der Waals surface area contributed by atoms with Crippen LogP contribution in [0.3, 0.4) is 0 Å². The van der Waals surface area contributed by atoms with Crippen LogP contribution in [0.25, 0.3) is 0 Å². The molecule has 1 aromatic heterocycles. The molecule has 0 aromatic carbocycles. The van der Waals surface area contributed by atoms with Crippen molar-refractivity contribution in [2.45, 2.75) is 26.9 Å². The van der Waals surface area contributed by atoms with Crippen LogP contribution < -0.4 is 0 Å². The van der Waals surface area contributed by atoms with Crippen LogP contribution in [0.4, 0.5) is 0 Å². The predicted octanol–water partition coefficient (Wildman–Crippen LogP) is 0.887. The predicted molar refractivity (Wildman–Crippen MR) is 59.2 cm³/mol. The van der Waals surface area contributed by atoms with Gasteiger partial charge in [0.05, 0.1) is 0 Å². The summed E-state index contributed by atoms with van der Waals surface area (Å²) < 4.78 is 1.45. The highest BCUT2D eigenvalue weighted by Crippen LogP contribution is 1.94. The van der Waals surface area contributed by atoms with Crippen LogP contribution in [0.2, 0.25) is 0 Å². The van der Waals surface area contributed by atoms with E-state index in [0.29, 0.717) is 11.5 Å². The lowest BCUT2D eigenvalue weighted by atomic mass is 10.4. The highest BCUT2D eigenvalue weighted by molar-refractivity contribution is 6.40. The molecular formula is C9H15N5O2. The monoisotopic (exact) mass is 225 g/mol. The van der Waals surface area contributed by atoms with Crippen LogP contribution in [-0.2, 0) is 9.68 Å². The second-order valence-electron chi connectivity index (χ2n) is 3.27. The molecule has 1 aromatic rings. The zero-order valence-electron chi connectivity index (χ0n) is 9.78. The van der Waals surface area contributed by atoms with Gasteiger partial charge in [-0.2, -0.15) is 9.78 Å². The Bertz CT molecular complexity index is 369. The van der Waals surface area contributed by atoms with E-state index in [-0.39, 0.29) is 6.10 Å². The number of oxime groups is 2. The Morgan fingerprint density at radius 3 is 2.62 bits per heavy atom. The third kappa shape index (κ3) is 3.34. The van der Waals surface area contributed by atoms with Crippen molar-refractivity contribution in [1.82, 2.24) is 14.8 Å². The van der Waals surface area contributed by atoms with Crippen LogP contribution in [0.15, 0.2) is 23.0 Å². The number of hydrogen-bond donors (Lipinski definition) is 0. The lowest BCUT2D eigenvalue weighted by Gasteiger charge is -2.06. The van der Waals surface area contributed by atoms with Gasteiger partial charge < -0.3 is 9.68 Å². The summed E-state index contributed by atoms with van der Waals surface area (Å²) in [5, 5.41) is 11.7. The number of aromatic nitrogens is 3. The van der Waals surface area contributed by atoms with Gasteiger partial charge in [0.2, 0.25) is 5.84 Å². The van der Waals surface area contributed by atoms with Gasteiger partial charge >= 0.3 is 0 Å². The maximum Gasteiger partial charge on any atom is 0.218 e. The molecule has 0 aliphatic rings. The molecule has 0 N–H and O–H groups in total. The number of nitrogens with zero attached hydrogens (tertiary/aromatic N) is 5. The first-order valence-electron chi connectivity index (χ1n) is 4.82. The Morgan fingerprint density at radius 2 is 2.12 bits per heavy atom. The quantitative estimate of drug-likeness (QED) is 0.433. The van der Waals surface area contributed by atoms with E-state index in [1.807, 2.05) is 13.8 Å². The summed E-state index contributed by atoms with van der Waals surface area (Å²) in [6.45, 7) is 5.53. The number of rotatable bonds is 4. The van der Waals surface area contributed by atoms with Crippen molar-refractivity contribution in [3.8, 4) is 0 Å². The van der Waals surface area contributed by atoms with Crippen molar-refractivity contribution >= 4 is 11.5 Å². The van der Waals surface area contributed by atoms with E-state index in [0.717, 1.165) is 0 Å². The molecule has 0 fully saturated rings. The van der Waals surface area contributed by atoms with E-state index in [1.54, 1.807) is 6.92 Å². The van der Waals surface area contributed by atoms with E-state index >= 15 is 0 Å². The van der Waals surface area contributed by atoms with Gasteiger partial charge in [0.1, 0.15) is 31.6 Å². The third-order valence-corrected chi connectivity index (χ3v) is 1.54. The maximum absolute atomic E-state index is 5.12. The van der Waals surface area contributed by atoms with Crippen LogP contribution >= 0.6 is 0 Å². The average Bonchev–Trinajstić information content (AvgIpc) is 2.75. The van der Waals surface area contributed by atoms with E-state index < -0.39 is 0 Å². The fourth-order valence-corrected chi connectivity index (χ4v) is 0.903. The second kappa shape index (κ2) is 5.84. The lowest BCUT2D eigenvalue weighted by molar-refractivity contribution is 0.0862. The molecule has 0 unspecified atom stereocenters. The van der Waals surface area contributed by atoms with Crippen LogP contribution in [0, 0.1) is 0 Å². The summed E-state index contributed by atoms with van der Waals surface area (Å²) in [6, 6.07) is 0. The molecule has 0 saturated carbocycles. The molecule has 7 nitrogen and oxygen atoms in total. The summed E-state index contributed by atoms with van der Waals surface area (Å²) in [6.07, 6.45) is 2.92. The van der Waals surface area contributed by atoms with Gasteiger partial charge in [0, 0.05) is 0 Å². The van der Waals surface area contributed by atoms with E-state index in [2.05, 4.69) is 20.4 Å². The summed E-state index contributed by atoms with van der Waals surface area (Å²) in [5.74, 6) is 0.431. The van der Waals surface area contributed by atoms with Crippen molar-refractivity contribution in [2.24, 2.45) is 10.3 Å². The molecule has 0 radical (unpaired) electrons. The first-order valence-corrected chi connectivity index (χ1v) is 4.82. The van der Waals surface area contributed by atoms with Gasteiger partial charge in [-0.1, -0.05) is 10.3 Å². The van der Waals surface area contributed by atoms with Crippen molar-refractivity contribution in [2.75, 3.05) is 7.11 Å². The largest absolute Gasteiger partial charge is 0.397 e. The fourth-order valence-electron chi connectivity index (χ4n) is 0.903. The second-order valence-corrected chi connectivity index (χ2v) is 3.27. The average molecular weight is 225 g/mol. The van der Waals surface area contributed by atoms with Gasteiger partial charge in [0.25, 0.3) is 0 Å². The third-order valence-electron chi connectivity index (χ3n) is 1.54. The molecular weight excluding hydrogens is 210 g/mol. The first-order chi connectivity index (χ1) is 7.65. The van der Waals surface area contributed by atoms with Crippen LogP contribution in [0.5, 0.6) is 0 Å². The minimum atomic E-state index is 0.00879. The molecule has 0 aliphatic heterocycles. The van der Waals surface area contributed by atoms with Crippen molar-refractivity contribution in [1.29, 1.82) is 0 Å². The molecule has 0 spiro atoms.